The third-order valence-electron chi connectivity index (χ3n) is 1.70. The molecule has 0 spiro atoms. The molecule has 1 heterocycles. The summed E-state index contributed by atoms with van der Waals surface area (Å²) in [5.74, 6) is 0.721. The molecule has 0 aromatic carbocycles. The summed E-state index contributed by atoms with van der Waals surface area (Å²) in [7, 11) is 0. The highest BCUT2D eigenvalue weighted by Gasteiger charge is 2.25. The molecular weight excluding hydrogens is 227 g/mol. The number of hydrogen-bond donors (Lipinski definition) is 1. The fourth-order valence-corrected chi connectivity index (χ4v) is 1.63. The van der Waals surface area contributed by atoms with Crippen molar-refractivity contribution in [3.63, 3.8) is 0 Å². The summed E-state index contributed by atoms with van der Waals surface area (Å²) in [6.07, 6.45) is -4.04. The number of aromatic nitrogens is 2. The van der Waals surface area contributed by atoms with E-state index < -0.39 is 12.6 Å². The minimum absolute atomic E-state index is 0.0601. The second-order valence-corrected chi connectivity index (χ2v) is 3.77. The van der Waals surface area contributed by atoms with E-state index in [0.717, 1.165) is 12.2 Å². The number of rotatable bonds is 5. The molecule has 1 N–H and O–H groups in total. The normalized spacial score (nSPS) is 11.7. The second-order valence-electron chi connectivity index (χ2n) is 3.01. The summed E-state index contributed by atoms with van der Waals surface area (Å²) in [6.45, 7) is 2.20. The SMILES string of the molecule is CCc1nsc(NCCCC(F)(F)F)n1. The molecule has 0 atom stereocenters. The van der Waals surface area contributed by atoms with Crippen LogP contribution in [-0.4, -0.2) is 22.1 Å². The van der Waals surface area contributed by atoms with Crippen LogP contribution in [0.2, 0.25) is 0 Å². The van der Waals surface area contributed by atoms with Crippen LogP contribution in [0.25, 0.3) is 0 Å². The van der Waals surface area contributed by atoms with Gasteiger partial charge < -0.3 is 5.32 Å². The topological polar surface area (TPSA) is 37.8 Å². The zero-order valence-electron chi connectivity index (χ0n) is 8.26. The van der Waals surface area contributed by atoms with Crippen molar-refractivity contribution in [3.05, 3.63) is 5.82 Å². The summed E-state index contributed by atoms with van der Waals surface area (Å²) >= 11 is 1.18. The molecule has 0 aliphatic rings. The van der Waals surface area contributed by atoms with E-state index in [0.29, 0.717) is 5.13 Å². The van der Waals surface area contributed by atoms with Crippen molar-refractivity contribution in [2.45, 2.75) is 32.4 Å². The molecule has 0 amide bonds. The molecule has 0 saturated heterocycles. The van der Waals surface area contributed by atoms with Crippen LogP contribution in [0.4, 0.5) is 18.3 Å². The molecule has 1 aromatic heterocycles. The quantitative estimate of drug-likeness (QED) is 0.803. The Morgan fingerprint density at radius 1 is 1.40 bits per heavy atom. The van der Waals surface area contributed by atoms with E-state index in [9.17, 15) is 13.2 Å². The Hall–Kier alpha value is -0.850. The second kappa shape index (κ2) is 5.29. The summed E-state index contributed by atoms with van der Waals surface area (Å²) in [6, 6.07) is 0. The van der Waals surface area contributed by atoms with Crippen LogP contribution >= 0.6 is 11.5 Å². The first-order chi connectivity index (χ1) is 7.01. The van der Waals surface area contributed by atoms with Crippen molar-refractivity contribution in [1.82, 2.24) is 9.36 Å². The van der Waals surface area contributed by atoms with Gasteiger partial charge in [0.05, 0.1) is 0 Å². The molecule has 0 aliphatic carbocycles. The van der Waals surface area contributed by atoms with Crippen LogP contribution in [0.15, 0.2) is 0 Å². The minimum Gasteiger partial charge on any atom is -0.360 e. The standard InChI is InChI=1S/C8H12F3N3S/c1-2-6-13-7(15-14-6)12-5-3-4-8(9,10)11/h2-5H2,1H3,(H,12,13,14). The molecule has 15 heavy (non-hydrogen) atoms. The van der Waals surface area contributed by atoms with E-state index in [1.54, 1.807) is 0 Å². The van der Waals surface area contributed by atoms with Crippen LogP contribution in [0.3, 0.4) is 0 Å². The van der Waals surface area contributed by atoms with Gasteiger partial charge in [0.15, 0.2) is 0 Å². The average molecular weight is 239 g/mol. The molecule has 0 fully saturated rings. The van der Waals surface area contributed by atoms with Gasteiger partial charge in [-0.2, -0.15) is 17.5 Å². The van der Waals surface area contributed by atoms with Gasteiger partial charge in [0.25, 0.3) is 0 Å². The van der Waals surface area contributed by atoms with Gasteiger partial charge in [-0.1, -0.05) is 6.92 Å². The molecule has 0 unspecified atom stereocenters. The number of halogens is 3. The first-order valence-electron chi connectivity index (χ1n) is 4.64. The smallest absolute Gasteiger partial charge is 0.360 e. The Morgan fingerprint density at radius 2 is 2.13 bits per heavy atom. The van der Waals surface area contributed by atoms with Crippen LogP contribution in [0, 0.1) is 0 Å². The van der Waals surface area contributed by atoms with Crippen molar-refractivity contribution >= 4 is 16.7 Å². The molecule has 3 nitrogen and oxygen atoms in total. The highest BCUT2D eigenvalue weighted by Crippen LogP contribution is 2.21. The van der Waals surface area contributed by atoms with E-state index in [1.807, 2.05) is 6.92 Å². The van der Waals surface area contributed by atoms with Crippen molar-refractivity contribution in [3.8, 4) is 0 Å². The highest BCUT2D eigenvalue weighted by molar-refractivity contribution is 7.09. The van der Waals surface area contributed by atoms with Crippen LogP contribution < -0.4 is 5.32 Å². The summed E-state index contributed by atoms with van der Waals surface area (Å²) in [5.41, 5.74) is 0. The van der Waals surface area contributed by atoms with E-state index in [1.165, 1.54) is 11.5 Å². The third kappa shape index (κ3) is 4.96. The van der Waals surface area contributed by atoms with Crippen LogP contribution in [0.5, 0.6) is 0 Å². The predicted molar refractivity (Wildman–Crippen MR) is 53.1 cm³/mol. The number of nitrogens with one attached hydrogen (secondary N) is 1. The van der Waals surface area contributed by atoms with Crippen LogP contribution in [0.1, 0.15) is 25.6 Å². The molecule has 1 aromatic rings. The predicted octanol–water partition coefficient (Wildman–Crippen LogP) is 2.85. The number of anilines is 1. The fourth-order valence-electron chi connectivity index (χ4n) is 0.954. The maximum atomic E-state index is 11.8. The van der Waals surface area contributed by atoms with Crippen molar-refractivity contribution < 1.29 is 13.2 Å². The average Bonchev–Trinajstić information content (AvgIpc) is 2.59. The minimum atomic E-state index is -4.07. The molecule has 0 saturated carbocycles. The Morgan fingerprint density at radius 3 is 2.67 bits per heavy atom. The fraction of sp³-hybridized carbons (Fsp3) is 0.750. The Labute approximate surface area is 89.9 Å². The lowest BCUT2D eigenvalue weighted by atomic mass is 10.3. The maximum Gasteiger partial charge on any atom is 0.389 e. The number of alkyl halides is 3. The van der Waals surface area contributed by atoms with E-state index in [2.05, 4.69) is 14.7 Å². The maximum absolute atomic E-state index is 11.8. The molecule has 0 aliphatic heterocycles. The molecule has 1 rings (SSSR count). The van der Waals surface area contributed by atoms with Crippen LogP contribution in [-0.2, 0) is 6.42 Å². The summed E-state index contributed by atoms with van der Waals surface area (Å²) in [4.78, 5) is 4.08. The van der Waals surface area contributed by atoms with E-state index in [4.69, 9.17) is 0 Å². The molecular formula is C8H12F3N3S. The number of hydrogen-bond acceptors (Lipinski definition) is 4. The number of nitrogens with zero attached hydrogens (tertiary/aromatic N) is 2. The lowest BCUT2D eigenvalue weighted by molar-refractivity contribution is -0.134. The first kappa shape index (κ1) is 12.2. The van der Waals surface area contributed by atoms with Crippen molar-refractivity contribution in [2.75, 3.05) is 11.9 Å². The van der Waals surface area contributed by atoms with Crippen molar-refractivity contribution in [1.29, 1.82) is 0 Å². The van der Waals surface area contributed by atoms with E-state index >= 15 is 0 Å². The van der Waals surface area contributed by atoms with Gasteiger partial charge >= 0.3 is 6.18 Å². The lowest BCUT2D eigenvalue weighted by Crippen LogP contribution is -2.10. The third-order valence-corrected chi connectivity index (χ3v) is 2.41. The number of aryl methyl sites for hydroxylation is 1. The Kier molecular flexibility index (Phi) is 4.31. The Balaban J connectivity index is 2.20. The molecule has 0 radical (unpaired) electrons. The highest BCUT2D eigenvalue weighted by atomic mass is 32.1. The lowest BCUT2D eigenvalue weighted by Gasteiger charge is -2.05. The monoisotopic (exact) mass is 239 g/mol. The summed E-state index contributed by atoms with van der Waals surface area (Å²) < 4.78 is 39.4. The molecule has 0 bridgehead atoms. The van der Waals surface area contributed by atoms with Gasteiger partial charge in [-0.05, 0) is 6.42 Å². The van der Waals surface area contributed by atoms with Gasteiger partial charge in [-0.3, -0.25) is 0 Å². The van der Waals surface area contributed by atoms with Gasteiger partial charge in [0.1, 0.15) is 5.82 Å². The van der Waals surface area contributed by atoms with E-state index in [-0.39, 0.29) is 13.0 Å². The first-order valence-corrected chi connectivity index (χ1v) is 5.42. The zero-order chi connectivity index (χ0) is 11.3. The molecule has 7 heteroatoms. The van der Waals surface area contributed by atoms with Gasteiger partial charge in [-0.25, -0.2) is 4.98 Å². The molecule has 86 valence electrons. The Bertz CT molecular complexity index is 298. The zero-order valence-corrected chi connectivity index (χ0v) is 9.08. The summed E-state index contributed by atoms with van der Waals surface area (Å²) in [5, 5.41) is 3.41. The van der Waals surface area contributed by atoms with Gasteiger partial charge in [-0.15, -0.1) is 0 Å². The van der Waals surface area contributed by atoms with Gasteiger partial charge in [0, 0.05) is 30.9 Å². The van der Waals surface area contributed by atoms with Crippen molar-refractivity contribution in [2.24, 2.45) is 0 Å². The van der Waals surface area contributed by atoms with Gasteiger partial charge in [0.2, 0.25) is 5.13 Å². The largest absolute Gasteiger partial charge is 0.389 e.